The molecule has 0 bridgehead atoms. The molecule has 3 amide bonds. The molecular formula is C23H15Cl3N2O3. The quantitative estimate of drug-likeness (QED) is 0.498. The van der Waals surface area contributed by atoms with Gasteiger partial charge < -0.3 is 5.32 Å². The maximum absolute atomic E-state index is 13.2. The van der Waals surface area contributed by atoms with Crippen LogP contribution >= 0.6 is 34.8 Å². The van der Waals surface area contributed by atoms with Gasteiger partial charge in [-0.1, -0.05) is 65.1 Å². The molecule has 1 heterocycles. The van der Waals surface area contributed by atoms with Gasteiger partial charge >= 0.3 is 0 Å². The molecule has 5 nitrogen and oxygen atoms in total. The lowest BCUT2D eigenvalue weighted by atomic mass is 10.0. The fraction of sp³-hybridized carbons (Fsp3) is 0.0870. The SMILES string of the molecule is O=C(Nc1ccc(Cl)cc1)[C@H](Cc1ccccc1)N1C(=O)c2cc(Cl)c(Cl)cc2C1=O. The molecule has 3 aromatic carbocycles. The van der Waals surface area contributed by atoms with Crippen molar-refractivity contribution in [2.75, 3.05) is 5.32 Å². The lowest BCUT2D eigenvalue weighted by Crippen LogP contribution is -2.48. The van der Waals surface area contributed by atoms with Crippen LogP contribution in [-0.2, 0) is 11.2 Å². The number of carbonyl (C=O) groups is 3. The Morgan fingerprint density at radius 1 is 0.839 bits per heavy atom. The largest absolute Gasteiger partial charge is 0.324 e. The topological polar surface area (TPSA) is 66.5 Å². The molecule has 8 heteroatoms. The maximum Gasteiger partial charge on any atom is 0.262 e. The highest BCUT2D eigenvalue weighted by Crippen LogP contribution is 2.33. The molecule has 4 rings (SSSR count). The molecule has 1 N–H and O–H groups in total. The van der Waals surface area contributed by atoms with E-state index in [2.05, 4.69) is 5.32 Å². The number of nitrogens with zero attached hydrogens (tertiary/aromatic N) is 1. The first-order chi connectivity index (χ1) is 14.8. The molecule has 31 heavy (non-hydrogen) atoms. The zero-order valence-electron chi connectivity index (χ0n) is 15.9. The number of anilines is 1. The second-order valence-electron chi connectivity index (χ2n) is 6.99. The first-order valence-electron chi connectivity index (χ1n) is 9.32. The molecule has 0 saturated heterocycles. The number of imide groups is 1. The van der Waals surface area contributed by atoms with Crippen LogP contribution in [0.3, 0.4) is 0 Å². The lowest BCUT2D eigenvalue weighted by molar-refractivity contribution is -0.119. The molecule has 0 radical (unpaired) electrons. The summed E-state index contributed by atoms with van der Waals surface area (Å²) in [7, 11) is 0. The Morgan fingerprint density at radius 2 is 1.39 bits per heavy atom. The summed E-state index contributed by atoms with van der Waals surface area (Å²) in [4.78, 5) is 40.4. The fourth-order valence-corrected chi connectivity index (χ4v) is 3.89. The first kappa shape index (κ1) is 21.4. The smallest absolute Gasteiger partial charge is 0.262 e. The number of nitrogens with one attached hydrogen (secondary N) is 1. The molecule has 1 atom stereocenters. The van der Waals surface area contributed by atoms with E-state index in [1.807, 2.05) is 30.3 Å². The molecule has 0 unspecified atom stereocenters. The van der Waals surface area contributed by atoms with Crippen molar-refractivity contribution < 1.29 is 14.4 Å². The van der Waals surface area contributed by atoms with E-state index in [0.717, 1.165) is 10.5 Å². The summed E-state index contributed by atoms with van der Waals surface area (Å²) in [5.74, 6) is -1.69. The summed E-state index contributed by atoms with van der Waals surface area (Å²) >= 11 is 18.0. The van der Waals surface area contributed by atoms with E-state index in [0.29, 0.717) is 10.7 Å². The molecule has 3 aromatic rings. The van der Waals surface area contributed by atoms with Crippen molar-refractivity contribution in [1.82, 2.24) is 4.90 Å². The number of rotatable bonds is 5. The monoisotopic (exact) mass is 472 g/mol. The lowest BCUT2D eigenvalue weighted by Gasteiger charge is -2.25. The molecule has 0 saturated carbocycles. The van der Waals surface area contributed by atoms with Gasteiger partial charge in [-0.05, 0) is 42.0 Å². The number of hydrogen-bond donors (Lipinski definition) is 1. The second-order valence-corrected chi connectivity index (χ2v) is 8.24. The van der Waals surface area contributed by atoms with E-state index in [-0.39, 0.29) is 27.6 Å². The summed E-state index contributed by atoms with van der Waals surface area (Å²) in [5.41, 5.74) is 1.54. The second kappa shape index (κ2) is 8.71. The van der Waals surface area contributed by atoms with Gasteiger partial charge in [0.25, 0.3) is 11.8 Å². The van der Waals surface area contributed by atoms with Gasteiger partial charge in [0.2, 0.25) is 5.91 Å². The Morgan fingerprint density at radius 3 is 1.94 bits per heavy atom. The van der Waals surface area contributed by atoms with Crippen molar-refractivity contribution in [3.05, 3.63) is 98.5 Å². The minimum atomic E-state index is -1.08. The minimum Gasteiger partial charge on any atom is -0.324 e. The third-order valence-corrected chi connectivity index (χ3v) is 5.93. The van der Waals surface area contributed by atoms with Crippen LogP contribution in [0.2, 0.25) is 15.1 Å². The van der Waals surface area contributed by atoms with Gasteiger partial charge in [-0.3, -0.25) is 19.3 Å². The van der Waals surface area contributed by atoms with Gasteiger partial charge in [0.1, 0.15) is 6.04 Å². The standard InChI is InChI=1S/C23H15Cl3N2O3/c24-14-6-8-15(9-7-14)27-21(29)20(10-13-4-2-1-3-5-13)28-22(30)16-11-18(25)19(26)12-17(16)23(28)31/h1-9,11-12,20H,10H2,(H,27,29)/t20-/m0/s1. The Bertz CT molecular complexity index is 1140. The zero-order valence-corrected chi connectivity index (χ0v) is 18.2. The summed E-state index contributed by atoms with van der Waals surface area (Å²) < 4.78 is 0. The summed E-state index contributed by atoms with van der Waals surface area (Å²) in [6.45, 7) is 0. The average Bonchev–Trinajstić information content (AvgIpc) is 2.99. The molecular weight excluding hydrogens is 459 g/mol. The van der Waals surface area contributed by atoms with E-state index < -0.39 is 23.8 Å². The van der Waals surface area contributed by atoms with E-state index in [1.54, 1.807) is 24.3 Å². The van der Waals surface area contributed by atoms with Crippen molar-refractivity contribution in [1.29, 1.82) is 0 Å². The maximum atomic E-state index is 13.2. The van der Waals surface area contributed by atoms with Crippen LogP contribution in [0.4, 0.5) is 5.69 Å². The molecule has 1 aliphatic heterocycles. The number of carbonyl (C=O) groups excluding carboxylic acids is 3. The van der Waals surface area contributed by atoms with Gasteiger partial charge in [-0.25, -0.2) is 0 Å². The van der Waals surface area contributed by atoms with Gasteiger partial charge in [-0.15, -0.1) is 0 Å². The van der Waals surface area contributed by atoms with Crippen molar-refractivity contribution in [3.8, 4) is 0 Å². The molecule has 0 fully saturated rings. The zero-order chi connectivity index (χ0) is 22.1. The minimum absolute atomic E-state index is 0.122. The first-order valence-corrected chi connectivity index (χ1v) is 10.5. The van der Waals surface area contributed by atoms with Crippen molar-refractivity contribution in [2.24, 2.45) is 0 Å². The summed E-state index contributed by atoms with van der Waals surface area (Å²) in [6, 6.07) is 17.3. The van der Waals surface area contributed by atoms with Gasteiger partial charge in [-0.2, -0.15) is 0 Å². The third-order valence-electron chi connectivity index (χ3n) is 4.96. The van der Waals surface area contributed by atoms with Gasteiger partial charge in [0, 0.05) is 17.1 Å². The highest BCUT2D eigenvalue weighted by Gasteiger charge is 2.43. The van der Waals surface area contributed by atoms with Crippen LogP contribution in [-0.4, -0.2) is 28.7 Å². The molecule has 0 aromatic heterocycles. The van der Waals surface area contributed by atoms with E-state index >= 15 is 0 Å². The average molecular weight is 474 g/mol. The van der Waals surface area contributed by atoms with Crippen LogP contribution in [0, 0.1) is 0 Å². The number of halogens is 3. The van der Waals surface area contributed by atoms with Crippen LogP contribution < -0.4 is 5.32 Å². The highest BCUT2D eigenvalue weighted by molar-refractivity contribution is 6.43. The normalized spacial score (nSPS) is 13.8. The predicted octanol–water partition coefficient (Wildman–Crippen LogP) is 5.49. The van der Waals surface area contributed by atoms with Crippen LogP contribution in [0.15, 0.2) is 66.7 Å². The summed E-state index contributed by atoms with van der Waals surface area (Å²) in [6.07, 6.45) is 0.146. The van der Waals surface area contributed by atoms with Crippen LogP contribution in [0.1, 0.15) is 26.3 Å². The van der Waals surface area contributed by atoms with E-state index in [4.69, 9.17) is 34.8 Å². The molecule has 156 valence electrons. The highest BCUT2D eigenvalue weighted by atomic mass is 35.5. The third kappa shape index (κ3) is 4.30. The predicted molar refractivity (Wildman–Crippen MR) is 121 cm³/mol. The number of benzene rings is 3. The van der Waals surface area contributed by atoms with E-state index in [1.165, 1.54) is 12.1 Å². The van der Waals surface area contributed by atoms with Crippen LogP contribution in [0.25, 0.3) is 0 Å². The Labute approximate surface area is 193 Å². The van der Waals surface area contributed by atoms with Gasteiger partial charge in [0.05, 0.1) is 21.2 Å². The van der Waals surface area contributed by atoms with Gasteiger partial charge in [0.15, 0.2) is 0 Å². The number of hydrogen-bond acceptors (Lipinski definition) is 3. The van der Waals surface area contributed by atoms with Crippen molar-refractivity contribution in [3.63, 3.8) is 0 Å². The van der Waals surface area contributed by atoms with Crippen molar-refractivity contribution in [2.45, 2.75) is 12.5 Å². The molecule has 1 aliphatic rings. The van der Waals surface area contributed by atoms with E-state index in [9.17, 15) is 14.4 Å². The molecule has 0 spiro atoms. The Kier molecular flexibility index (Phi) is 6.01. The number of amides is 3. The number of fused-ring (bicyclic) bond motifs is 1. The Balaban J connectivity index is 1.70. The van der Waals surface area contributed by atoms with Crippen molar-refractivity contribution >= 4 is 58.2 Å². The Hall–Kier alpha value is -2.86. The van der Waals surface area contributed by atoms with Crippen LogP contribution in [0.5, 0.6) is 0 Å². The fourth-order valence-electron chi connectivity index (χ4n) is 3.43. The molecule has 0 aliphatic carbocycles. The summed E-state index contributed by atoms with van der Waals surface area (Å²) in [5, 5.41) is 3.60.